The molecule has 0 aromatic heterocycles. The summed E-state index contributed by atoms with van der Waals surface area (Å²) in [4.78, 5) is 26.4. The monoisotopic (exact) mass is 338 g/mol. The summed E-state index contributed by atoms with van der Waals surface area (Å²) in [6.45, 7) is 0.790. The second-order valence-corrected chi connectivity index (χ2v) is 8.63. The first-order valence-electron chi connectivity index (χ1n) is 9.88. The SMILES string of the molecule is O=C(NC1C2CC3CC(C2)CC1C3)c1ccc(N2CCCC2=O)cc1. The Hall–Kier alpha value is -1.84. The van der Waals surface area contributed by atoms with Crippen molar-refractivity contribution in [2.45, 2.75) is 51.0 Å². The van der Waals surface area contributed by atoms with Crippen molar-refractivity contribution in [1.29, 1.82) is 0 Å². The van der Waals surface area contributed by atoms with Crippen LogP contribution in [0, 0.1) is 23.7 Å². The average Bonchev–Trinajstić information content (AvgIpc) is 3.03. The molecule has 4 heteroatoms. The molecule has 1 N–H and O–H groups in total. The fourth-order valence-electron chi connectivity index (χ4n) is 6.11. The Bertz CT molecular complexity index is 668. The van der Waals surface area contributed by atoms with Gasteiger partial charge in [-0.2, -0.15) is 0 Å². The summed E-state index contributed by atoms with van der Waals surface area (Å²) in [5.74, 6) is 3.48. The molecular formula is C21H26N2O2. The fraction of sp³-hybridized carbons (Fsp3) is 0.619. The van der Waals surface area contributed by atoms with Gasteiger partial charge in [-0.05, 0) is 86.5 Å². The van der Waals surface area contributed by atoms with Crippen molar-refractivity contribution in [2.75, 3.05) is 11.4 Å². The quantitative estimate of drug-likeness (QED) is 0.919. The molecule has 1 aromatic carbocycles. The van der Waals surface area contributed by atoms with Crippen molar-refractivity contribution in [1.82, 2.24) is 5.32 Å². The number of benzene rings is 1. The van der Waals surface area contributed by atoms with Crippen LogP contribution in [0.2, 0.25) is 0 Å². The minimum absolute atomic E-state index is 0.0526. The smallest absolute Gasteiger partial charge is 0.251 e. The largest absolute Gasteiger partial charge is 0.349 e. The van der Waals surface area contributed by atoms with E-state index in [0.717, 1.165) is 30.5 Å². The maximum absolute atomic E-state index is 12.7. The van der Waals surface area contributed by atoms with Crippen molar-refractivity contribution in [3.8, 4) is 0 Å². The number of nitrogens with zero attached hydrogens (tertiary/aromatic N) is 1. The molecule has 1 saturated heterocycles. The third-order valence-corrected chi connectivity index (χ3v) is 7.04. The van der Waals surface area contributed by atoms with Gasteiger partial charge in [0.15, 0.2) is 0 Å². The van der Waals surface area contributed by atoms with Crippen molar-refractivity contribution >= 4 is 17.5 Å². The molecule has 0 atom stereocenters. The first kappa shape index (κ1) is 15.4. The molecule has 1 aliphatic heterocycles. The normalized spacial score (nSPS) is 36.1. The van der Waals surface area contributed by atoms with Crippen LogP contribution in [0.1, 0.15) is 55.3 Å². The molecule has 6 rings (SSSR count). The third-order valence-electron chi connectivity index (χ3n) is 7.04. The summed E-state index contributed by atoms with van der Waals surface area (Å²) in [6, 6.07) is 7.93. The molecule has 4 aliphatic carbocycles. The summed E-state index contributed by atoms with van der Waals surface area (Å²) in [5, 5.41) is 3.36. The van der Waals surface area contributed by atoms with Crippen LogP contribution in [0.15, 0.2) is 24.3 Å². The summed E-state index contributed by atoms with van der Waals surface area (Å²) in [5.41, 5.74) is 1.62. The molecule has 25 heavy (non-hydrogen) atoms. The van der Waals surface area contributed by atoms with Gasteiger partial charge in [0, 0.05) is 30.3 Å². The summed E-state index contributed by atoms with van der Waals surface area (Å²) >= 11 is 0. The zero-order chi connectivity index (χ0) is 17.0. The topological polar surface area (TPSA) is 49.4 Å². The Labute approximate surface area is 149 Å². The van der Waals surface area contributed by atoms with Crippen LogP contribution in [0.5, 0.6) is 0 Å². The fourth-order valence-corrected chi connectivity index (χ4v) is 6.11. The Balaban J connectivity index is 1.28. The Morgan fingerprint density at radius 1 is 0.960 bits per heavy atom. The van der Waals surface area contributed by atoms with Gasteiger partial charge < -0.3 is 10.2 Å². The highest BCUT2D eigenvalue weighted by molar-refractivity contribution is 5.97. The predicted molar refractivity (Wildman–Crippen MR) is 96.3 cm³/mol. The van der Waals surface area contributed by atoms with Crippen LogP contribution in [0.3, 0.4) is 0 Å². The van der Waals surface area contributed by atoms with E-state index in [1.165, 1.54) is 32.1 Å². The first-order chi connectivity index (χ1) is 12.2. The van der Waals surface area contributed by atoms with E-state index in [1.807, 2.05) is 29.2 Å². The van der Waals surface area contributed by atoms with Crippen molar-refractivity contribution in [3.05, 3.63) is 29.8 Å². The molecule has 4 nitrogen and oxygen atoms in total. The van der Waals surface area contributed by atoms with Gasteiger partial charge in [-0.1, -0.05) is 0 Å². The lowest BCUT2D eigenvalue weighted by atomic mass is 9.54. The number of hydrogen-bond donors (Lipinski definition) is 1. The predicted octanol–water partition coefficient (Wildman–Crippen LogP) is 3.37. The minimum Gasteiger partial charge on any atom is -0.349 e. The zero-order valence-electron chi connectivity index (χ0n) is 14.6. The molecule has 2 amide bonds. The van der Waals surface area contributed by atoms with E-state index in [9.17, 15) is 9.59 Å². The molecule has 0 unspecified atom stereocenters. The first-order valence-corrected chi connectivity index (χ1v) is 9.88. The van der Waals surface area contributed by atoms with E-state index >= 15 is 0 Å². The van der Waals surface area contributed by atoms with Crippen molar-refractivity contribution < 1.29 is 9.59 Å². The molecular weight excluding hydrogens is 312 g/mol. The molecule has 0 radical (unpaired) electrons. The van der Waals surface area contributed by atoms with E-state index in [0.29, 0.717) is 29.9 Å². The van der Waals surface area contributed by atoms with Gasteiger partial charge in [-0.25, -0.2) is 0 Å². The van der Waals surface area contributed by atoms with E-state index in [-0.39, 0.29) is 11.8 Å². The van der Waals surface area contributed by atoms with Crippen LogP contribution < -0.4 is 10.2 Å². The van der Waals surface area contributed by atoms with Gasteiger partial charge in [0.05, 0.1) is 0 Å². The number of carbonyl (C=O) groups is 2. The number of hydrogen-bond acceptors (Lipinski definition) is 2. The molecule has 1 aromatic rings. The summed E-state index contributed by atoms with van der Waals surface area (Å²) in [7, 11) is 0. The van der Waals surface area contributed by atoms with Crippen molar-refractivity contribution in [2.24, 2.45) is 23.7 Å². The zero-order valence-corrected chi connectivity index (χ0v) is 14.6. The van der Waals surface area contributed by atoms with Gasteiger partial charge in [0.2, 0.25) is 5.91 Å². The van der Waals surface area contributed by atoms with E-state index in [4.69, 9.17) is 0 Å². The van der Waals surface area contributed by atoms with Crippen LogP contribution in [-0.2, 0) is 4.79 Å². The summed E-state index contributed by atoms with van der Waals surface area (Å²) < 4.78 is 0. The number of nitrogens with one attached hydrogen (secondary N) is 1. The minimum atomic E-state index is 0.0526. The van der Waals surface area contributed by atoms with Gasteiger partial charge >= 0.3 is 0 Å². The lowest BCUT2D eigenvalue weighted by Crippen LogP contribution is -2.55. The van der Waals surface area contributed by atoms with Gasteiger partial charge in [0.25, 0.3) is 5.91 Å². The molecule has 4 saturated carbocycles. The lowest BCUT2D eigenvalue weighted by molar-refractivity contribution is -0.117. The Morgan fingerprint density at radius 3 is 2.16 bits per heavy atom. The highest BCUT2D eigenvalue weighted by atomic mass is 16.2. The molecule has 1 heterocycles. The van der Waals surface area contributed by atoms with Gasteiger partial charge in [-0.15, -0.1) is 0 Å². The maximum Gasteiger partial charge on any atom is 0.251 e. The highest BCUT2D eigenvalue weighted by Crippen LogP contribution is 2.53. The molecule has 132 valence electrons. The maximum atomic E-state index is 12.7. The second-order valence-electron chi connectivity index (χ2n) is 8.63. The van der Waals surface area contributed by atoms with Crippen molar-refractivity contribution in [3.63, 3.8) is 0 Å². The van der Waals surface area contributed by atoms with Crippen LogP contribution in [0.4, 0.5) is 5.69 Å². The number of amides is 2. The summed E-state index contributed by atoms with van der Waals surface area (Å²) in [6.07, 6.45) is 8.25. The standard InChI is InChI=1S/C21H26N2O2/c24-19-2-1-7-23(19)18-5-3-15(4-6-18)21(25)22-20-16-9-13-8-14(11-16)12-17(20)10-13/h3-6,13-14,16-17,20H,1-2,7-12H2,(H,22,25). The van der Waals surface area contributed by atoms with Gasteiger partial charge in [-0.3, -0.25) is 9.59 Å². The lowest BCUT2D eigenvalue weighted by Gasteiger charge is -2.54. The van der Waals surface area contributed by atoms with E-state index < -0.39 is 0 Å². The van der Waals surface area contributed by atoms with Crippen LogP contribution in [-0.4, -0.2) is 24.4 Å². The molecule has 4 bridgehead atoms. The average molecular weight is 338 g/mol. The number of anilines is 1. The third kappa shape index (κ3) is 2.66. The van der Waals surface area contributed by atoms with Gasteiger partial charge in [0.1, 0.15) is 0 Å². The van der Waals surface area contributed by atoms with Crippen LogP contribution in [0.25, 0.3) is 0 Å². The molecule has 5 aliphatic rings. The van der Waals surface area contributed by atoms with Crippen LogP contribution >= 0.6 is 0 Å². The number of carbonyl (C=O) groups excluding carboxylic acids is 2. The van der Waals surface area contributed by atoms with E-state index in [2.05, 4.69) is 5.32 Å². The van der Waals surface area contributed by atoms with E-state index in [1.54, 1.807) is 0 Å². The Kier molecular flexibility index (Phi) is 3.61. The number of rotatable bonds is 3. The Morgan fingerprint density at radius 2 is 1.60 bits per heavy atom. The highest BCUT2D eigenvalue weighted by Gasteiger charge is 2.48. The second kappa shape index (κ2) is 5.86. The molecule has 0 spiro atoms. The molecule has 5 fully saturated rings.